The van der Waals surface area contributed by atoms with E-state index in [2.05, 4.69) is 15.3 Å². The number of likely N-dealkylation sites (tertiary alicyclic amines) is 1. The molecule has 1 saturated heterocycles. The minimum atomic E-state index is -0.0725. The van der Waals surface area contributed by atoms with Gasteiger partial charge in [0.2, 0.25) is 5.91 Å². The first-order valence-electron chi connectivity index (χ1n) is 10.8. The molecule has 1 aromatic heterocycles. The summed E-state index contributed by atoms with van der Waals surface area (Å²) in [6, 6.07) is 0.312. The van der Waals surface area contributed by atoms with Crippen molar-refractivity contribution in [3.05, 3.63) is 18.0 Å². The lowest BCUT2D eigenvalue weighted by molar-refractivity contribution is -0.140. The lowest BCUT2D eigenvalue weighted by Gasteiger charge is -2.45. The van der Waals surface area contributed by atoms with Crippen LogP contribution in [-0.2, 0) is 11.8 Å². The Labute approximate surface area is 179 Å². The van der Waals surface area contributed by atoms with Crippen molar-refractivity contribution in [1.29, 1.82) is 0 Å². The Kier molecular flexibility index (Phi) is 7.22. The van der Waals surface area contributed by atoms with Crippen molar-refractivity contribution >= 4 is 24.2 Å². The number of amides is 2. The van der Waals surface area contributed by atoms with E-state index in [1.165, 1.54) is 19.3 Å². The number of halogens is 1. The summed E-state index contributed by atoms with van der Waals surface area (Å²) in [6.45, 7) is 2.28. The Hall–Kier alpha value is -1.60. The molecule has 0 radical (unpaired) electrons. The molecule has 1 aliphatic heterocycles. The van der Waals surface area contributed by atoms with E-state index in [1.807, 2.05) is 0 Å². The second-order valence-corrected chi connectivity index (χ2v) is 9.08. The number of aromatic nitrogens is 2. The fraction of sp³-hybridized carbons (Fsp3) is 0.762. The van der Waals surface area contributed by atoms with Gasteiger partial charge in [0.1, 0.15) is 0 Å². The number of hydrogen-bond acceptors (Lipinski definition) is 4. The van der Waals surface area contributed by atoms with Gasteiger partial charge in [0, 0.05) is 44.8 Å². The Morgan fingerprint density at radius 3 is 2.41 bits per heavy atom. The molecule has 3 N–H and O–H groups in total. The summed E-state index contributed by atoms with van der Waals surface area (Å²) in [7, 11) is 1.80. The van der Waals surface area contributed by atoms with E-state index in [-0.39, 0.29) is 24.2 Å². The highest BCUT2D eigenvalue weighted by molar-refractivity contribution is 5.93. The van der Waals surface area contributed by atoms with Crippen molar-refractivity contribution in [2.45, 2.75) is 51.0 Å². The predicted octanol–water partition coefficient (Wildman–Crippen LogP) is 1.96. The summed E-state index contributed by atoms with van der Waals surface area (Å²) in [6.07, 6.45) is 10.9. The van der Waals surface area contributed by atoms with Gasteiger partial charge in [0.25, 0.3) is 5.91 Å². The van der Waals surface area contributed by atoms with E-state index in [4.69, 9.17) is 5.73 Å². The standard InChI is InChI=1S/C21H33N5O2.ClH/c1-25-13-18(12-24-25)20(27)23-11-14-5-7-26(8-6-14)21(28)17-9-15-3-2-4-16(10-17)19(15)22;/h12-17,19H,2-11,22H2,1H3,(H,23,27);1H. The van der Waals surface area contributed by atoms with E-state index < -0.39 is 0 Å². The Morgan fingerprint density at radius 1 is 1.17 bits per heavy atom. The minimum Gasteiger partial charge on any atom is -0.352 e. The largest absolute Gasteiger partial charge is 0.352 e. The van der Waals surface area contributed by atoms with E-state index in [0.717, 1.165) is 38.8 Å². The normalized spacial score (nSPS) is 29.8. The highest BCUT2D eigenvalue weighted by Gasteiger charge is 2.41. The maximum atomic E-state index is 13.1. The molecule has 2 amide bonds. The van der Waals surface area contributed by atoms with Crippen LogP contribution in [0.5, 0.6) is 0 Å². The number of nitrogens with one attached hydrogen (secondary N) is 1. The van der Waals surface area contributed by atoms with E-state index in [9.17, 15) is 9.59 Å². The monoisotopic (exact) mass is 423 g/mol. The molecule has 0 aromatic carbocycles. The van der Waals surface area contributed by atoms with Crippen LogP contribution in [0.2, 0.25) is 0 Å². The van der Waals surface area contributed by atoms with Gasteiger partial charge in [-0.1, -0.05) is 6.42 Å². The van der Waals surface area contributed by atoms with Crippen LogP contribution in [-0.4, -0.2) is 52.2 Å². The van der Waals surface area contributed by atoms with Crippen LogP contribution < -0.4 is 11.1 Å². The second kappa shape index (κ2) is 9.47. The third-order valence-electron chi connectivity index (χ3n) is 7.21. The van der Waals surface area contributed by atoms with Gasteiger partial charge < -0.3 is 16.0 Å². The lowest BCUT2D eigenvalue weighted by atomic mass is 9.65. The first-order chi connectivity index (χ1) is 13.5. The first-order valence-corrected chi connectivity index (χ1v) is 10.8. The van der Waals surface area contributed by atoms with Crippen molar-refractivity contribution in [2.75, 3.05) is 19.6 Å². The van der Waals surface area contributed by atoms with E-state index in [0.29, 0.717) is 41.8 Å². The zero-order valence-electron chi connectivity index (χ0n) is 17.3. The summed E-state index contributed by atoms with van der Waals surface area (Å²) < 4.78 is 1.63. The fourth-order valence-electron chi connectivity index (χ4n) is 5.48. The molecule has 1 aromatic rings. The smallest absolute Gasteiger partial charge is 0.254 e. The number of piperidine rings is 1. The van der Waals surface area contributed by atoms with Crippen LogP contribution >= 0.6 is 12.4 Å². The molecule has 2 aliphatic carbocycles. The molecule has 2 heterocycles. The molecule has 2 unspecified atom stereocenters. The van der Waals surface area contributed by atoms with Gasteiger partial charge in [-0.15, -0.1) is 12.4 Å². The van der Waals surface area contributed by atoms with Crippen LogP contribution in [0.1, 0.15) is 55.3 Å². The number of carbonyl (C=O) groups excluding carboxylic acids is 2. The topological polar surface area (TPSA) is 93.2 Å². The zero-order chi connectivity index (χ0) is 19.7. The molecule has 2 saturated carbocycles. The molecule has 2 atom stereocenters. The predicted molar refractivity (Wildman–Crippen MR) is 114 cm³/mol. The Morgan fingerprint density at radius 2 is 1.83 bits per heavy atom. The average Bonchev–Trinajstić information content (AvgIpc) is 3.12. The summed E-state index contributed by atoms with van der Waals surface area (Å²) >= 11 is 0. The highest BCUT2D eigenvalue weighted by Crippen LogP contribution is 2.42. The maximum Gasteiger partial charge on any atom is 0.254 e. The van der Waals surface area contributed by atoms with Crippen molar-refractivity contribution in [2.24, 2.45) is 36.5 Å². The van der Waals surface area contributed by atoms with Crippen LogP contribution in [0.15, 0.2) is 12.4 Å². The van der Waals surface area contributed by atoms with Gasteiger partial charge >= 0.3 is 0 Å². The molecular formula is C21H34ClN5O2. The number of carbonyl (C=O) groups is 2. The summed E-state index contributed by atoms with van der Waals surface area (Å²) in [4.78, 5) is 27.3. The summed E-state index contributed by atoms with van der Waals surface area (Å²) in [5.41, 5.74) is 6.97. The molecule has 3 fully saturated rings. The van der Waals surface area contributed by atoms with Gasteiger partial charge in [0.05, 0.1) is 11.8 Å². The minimum absolute atomic E-state index is 0. The molecule has 8 heteroatoms. The summed E-state index contributed by atoms with van der Waals surface area (Å²) in [5.74, 6) is 1.97. The fourth-order valence-corrected chi connectivity index (χ4v) is 5.48. The number of hydrogen-bond donors (Lipinski definition) is 2. The number of fused-ring (bicyclic) bond motifs is 2. The Balaban J connectivity index is 0.00000240. The average molecular weight is 424 g/mol. The molecular weight excluding hydrogens is 390 g/mol. The second-order valence-electron chi connectivity index (χ2n) is 9.08. The van der Waals surface area contributed by atoms with E-state index >= 15 is 0 Å². The number of nitrogens with zero attached hydrogens (tertiary/aromatic N) is 3. The molecule has 2 bridgehead atoms. The Bertz CT molecular complexity index is 702. The van der Waals surface area contributed by atoms with Crippen LogP contribution in [0.4, 0.5) is 0 Å². The molecule has 29 heavy (non-hydrogen) atoms. The third kappa shape index (κ3) is 4.94. The molecule has 3 aliphatic rings. The van der Waals surface area contributed by atoms with Crippen molar-refractivity contribution in [1.82, 2.24) is 20.0 Å². The van der Waals surface area contributed by atoms with Gasteiger partial charge in [-0.3, -0.25) is 14.3 Å². The van der Waals surface area contributed by atoms with Crippen LogP contribution in [0.3, 0.4) is 0 Å². The SMILES string of the molecule is Cl.Cn1cc(C(=O)NCC2CCN(C(=O)C3CC4CCCC(C3)C4N)CC2)cn1. The maximum absolute atomic E-state index is 13.1. The number of nitrogens with two attached hydrogens (primary N) is 1. The van der Waals surface area contributed by atoms with Gasteiger partial charge in [-0.2, -0.15) is 5.10 Å². The zero-order valence-corrected chi connectivity index (χ0v) is 18.1. The van der Waals surface area contributed by atoms with Crippen molar-refractivity contribution in [3.8, 4) is 0 Å². The molecule has 0 spiro atoms. The number of aryl methyl sites for hydroxylation is 1. The van der Waals surface area contributed by atoms with Crippen LogP contribution in [0.25, 0.3) is 0 Å². The molecule has 7 nitrogen and oxygen atoms in total. The van der Waals surface area contributed by atoms with Crippen molar-refractivity contribution in [3.63, 3.8) is 0 Å². The van der Waals surface area contributed by atoms with Crippen molar-refractivity contribution < 1.29 is 9.59 Å². The molecule has 162 valence electrons. The highest BCUT2D eigenvalue weighted by atomic mass is 35.5. The van der Waals surface area contributed by atoms with Gasteiger partial charge in [-0.05, 0) is 56.3 Å². The molecule has 4 rings (SSSR count). The van der Waals surface area contributed by atoms with Gasteiger partial charge in [0.15, 0.2) is 0 Å². The first kappa shape index (κ1) is 22.1. The number of rotatable bonds is 4. The summed E-state index contributed by atoms with van der Waals surface area (Å²) in [5, 5.41) is 7.05. The van der Waals surface area contributed by atoms with E-state index in [1.54, 1.807) is 24.1 Å². The van der Waals surface area contributed by atoms with Gasteiger partial charge in [-0.25, -0.2) is 0 Å². The van der Waals surface area contributed by atoms with Crippen LogP contribution in [0, 0.1) is 23.7 Å². The lowest BCUT2D eigenvalue weighted by Crippen LogP contribution is -2.51. The quantitative estimate of drug-likeness (QED) is 0.774. The third-order valence-corrected chi connectivity index (χ3v) is 7.21.